The van der Waals surface area contributed by atoms with Gasteiger partial charge in [0.1, 0.15) is 6.61 Å². The zero-order valence-corrected chi connectivity index (χ0v) is 13.8. The van der Waals surface area contributed by atoms with Gasteiger partial charge in [0, 0.05) is 11.1 Å². The number of nitrogens with zero attached hydrogens (tertiary/aromatic N) is 3. The van der Waals surface area contributed by atoms with E-state index in [0.717, 1.165) is 11.4 Å². The fourth-order valence-corrected chi connectivity index (χ4v) is 2.43. The first kappa shape index (κ1) is 15.7. The molecule has 0 aliphatic heterocycles. The van der Waals surface area contributed by atoms with Crippen molar-refractivity contribution in [1.82, 2.24) is 14.8 Å². The van der Waals surface area contributed by atoms with E-state index in [1.165, 1.54) is 5.56 Å². The zero-order valence-electron chi connectivity index (χ0n) is 13.8. The molecule has 0 bridgehead atoms. The van der Waals surface area contributed by atoms with Gasteiger partial charge in [0.25, 0.3) is 0 Å². The SMILES string of the molecule is CC(C)(C)c1ccc(-c2nnc(CO)n2C(C)(C)C)cc1. The Kier molecular flexibility index (Phi) is 3.93. The van der Waals surface area contributed by atoms with Crippen LogP contribution < -0.4 is 0 Å². The van der Waals surface area contributed by atoms with Gasteiger partial charge in [0.15, 0.2) is 11.6 Å². The van der Waals surface area contributed by atoms with Crippen LogP contribution >= 0.6 is 0 Å². The van der Waals surface area contributed by atoms with Crippen molar-refractivity contribution in [1.29, 1.82) is 0 Å². The summed E-state index contributed by atoms with van der Waals surface area (Å²) in [7, 11) is 0. The van der Waals surface area contributed by atoms with E-state index in [9.17, 15) is 5.11 Å². The third-order valence-electron chi connectivity index (χ3n) is 3.55. The van der Waals surface area contributed by atoms with Crippen molar-refractivity contribution in [2.75, 3.05) is 0 Å². The van der Waals surface area contributed by atoms with Crippen LogP contribution in [0.2, 0.25) is 0 Å². The Balaban J connectivity index is 2.50. The van der Waals surface area contributed by atoms with Gasteiger partial charge < -0.3 is 9.67 Å². The third kappa shape index (κ3) is 3.16. The van der Waals surface area contributed by atoms with E-state index >= 15 is 0 Å². The molecule has 0 fully saturated rings. The molecule has 0 atom stereocenters. The second-order valence-electron chi connectivity index (χ2n) is 7.43. The quantitative estimate of drug-likeness (QED) is 0.920. The summed E-state index contributed by atoms with van der Waals surface area (Å²) in [6.07, 6.45) is 0. The van der Waals surface area contributed by atoms with Crippen molar-refractivity contribution in [3.05, 3.63) is 35.7 Å². The smallest absolute Gasteiger partial charge is 0.164 e. The molecule has 1 heterocycles. The molecule has 0 aliphatic carbocycles. The van der Waals surface area contributed by atoms with Crippen molar-refractivity contribution in [3.63, 3.8) is 0 Å². The number of hydrogen-bond donors (Lipinski definition) is 1. The van der Waals surface area contributed by atoms with Crippen LogP contribution in [-0.2, 0) is 17.6 Å². The molecule has 0 radical (unpaired) electrons. The van der Waals surface area contributed by atoms with Gasteiger partial charge in [-0.25, -0.2) is 0 Å². The predicted molar refractivity (Wildman–Crippen MR) is 85.1 cm³/mol. The lowest BCUT2D eigenvalue weighted by molar-refractivity contribution is 0.250. The molecule has 0 saturated heterocycles. The zero-order chi connectivity index (χ0) is 15.8. The van der Waals surface area contributed by atoms with Crippen LogP contribution in [0.15, 0.2) is 24.3 Å². The normalized spacial score (nSPS) is 12.7. The van der Waals surface area contributed by atoms with Gasteiger partial charge in [0.05, 0.1) is 0 Å². The average molecular weight is 287 g/mol. The molecule has 4 heteroatoms. The minimum absolute atomic E-state index is 0.107. The maximum absolute atomic E-state index is 9.47. The molecular formula is C17H25N3O. The molecule has 21 heavy (non-hydrogen) atoms. The second kappa shape index (κ2) is 5.26. The van der Waals surface area contributed by atoms with Crippen molar-refractivity contribution in [2.24, 2.45) is 0 Å². The largest absolute Gasteiger partial charge is 0.388 e. The minimum atomic E-state index is -0.181. The summed E-state index contributed by atoms with van der Waals surface area (Å²) >= 11 is 0. The molecular weight excluding hydrogens is 262 g/mol. The van der Waals surface area contributed by atoms with Crippen molar-refractivity contribution < 1.29 is 5.11 Å². The van der Waals surface area contributed by atoms with E-state index in [4.69, 9.17) is 0 Å². The summed E-state index contributed by atoms with van der Waals surface area (Å²) in [4.78, 5) is 0. The van der Waals surface area contributed by atoms with Crippen LogP contribution in [0, 0.1) is 0 Å². The Bertz CT molecular complexity index is 613. The highest BCUT2D eigenvalue weighted by Crippen LogP contribution is 2.28. The Morgan fingerprint density at radius 2 is 1.52 bits per heavy atom. The Morgan fingerprint density at radius 3 is 1.95 bits per heavy atom. The van der Waals surface area contributed by atoms with Crippen LogP contribution in [0.5, 0.6) is 0 Å². The summed E-state index contributed by atoms with van der Waals surface area (Å²) < 4.78 is 2.00. The standard InChI is InChI=1S/C17H25N3O/c1-16(2,3)13-9-7-12(8-10-13)15-19-18-14(11-21)20(15)17(4,5)6/h7-10,21H,11H2,1-6H3. The second-order valence-corrected chi connectivity index (χ2v) is 7.43. The number of hydrogen-bond acceptors (Lipinski definition) is 3. The molecule has 0 saturated carbocycles. The van der Waals surface area contributed by atoms with Crippen LogP contribution in [0.3, 0.4) is 0 Å². The minimum Gasteiger partial charge on any atom is -0.388 e. The van der Waals surface area contributed by atoms with E-state index in [1.54, 1.807) is 0 Å². The summed E-state index contributed by atoms with van der Waals surface area (Å²) in [5, 5.41) is 17.8. The number of benzene rings is 1. The van der Waals surface area contributed by atoms with Gasteiger partial charge in [-0.15, -0.1) is 10.2 Å². The van der Waals surface area contributed by atoms with Crippen LogP contribution in [-0.4, -0.2) is 19.9 Å². The van der Waals surface area contributed by atoms with Crippen LogP contribution in [0.4, 0.5) is 0 Å². The molecule has 0 spiro atoms. The molecule has 1 aromatic heterocycles. The van der Waals surface area contributed by atoms with E-state index < -0.39 is 0 Å². The van der Waals surface area contributed by atoms with E-state index in [-0.39, 0.29) is 17.6 Å². The van der Waals surface area contributed by atoms with Crippen LogP contribution in [0.25, 0.3) is 11.4 Å². The Morgan fingerprint density at radius 1 is 0.952 bits per heavy atom. The number of aliphatic hydroxyl groups is 1. The molecule has 0 amide bonds. The lowest BCUT2D eigenvalue weighted by atomic mass is 9.86. The molecule has 1 N–H and O–H groups in total. The average Bonchev–Trinajstić information content (AvgIpc) is 2.81. The van der Waals surface area contributed by atoms with Gasteiger partial charge >= 0.3 is 0 Å². The van der Waals surface area contributed by atoms with Gasteiger partial charge in [-0.2, -0.15) is 0 Å². The number of rotatable bonds is 2. The summed E-state index contributed by atoms with van der Waals surface area (Å²) in [5.41, 5.74) is 2.26. The molecule has 114 valence electrons. The topological polar surface area (TPSA) is 50.9 Å². The highest BCUT2D eigenvalue weighted by atomic mass is 16.3. The molecule has 2 aromatic rings. The number of aromatic nitrogens is 3. The van der Waals surface area contributed by atoms with Gasteiger partial charge in [-0.1, -0.05) is 45.0 Å². The highest BCUT2D eigenvalue weighted by molar-refractivity contribution is 5.56. The Labute approximate surface area is 126 Å². The molecule has 0 aliphatic rings. The third-order valence-corrected chi connectivity index (χ3v) is 3.55. The van der Waals surface area contributed by atoms with E-state index in [2.05, 4.69) is 76.0 Å². The Hall–Kier alpha value is -1.68. The molecule has 1 aromatic carbocycles. The monoisotopic (exact) mass is 287 g/mol. The van der Waals surface area contributed by atoms with Gasteiger partial charge in [-0.05, 0) is 31.7 Å². The van der Waals surface area contributed by atoms with Gasteiger partial charge in [-0.3, -0.25) is 0 Å². The highest BCUT2D eigenvalue weighted by Gasteiger charge is 2.23. The van der Waals surface area contributed by atoms with Crippen molar-refractivity contribution in [2.45, 2.75) is 59.1 Å². The lowest BCUT2D eigenvalue weighted by Crippen LogP contribution is -2.25. The fraction of sp³-hybridized carbons (Fsp3) is 0.529. The molecule has 0 unspecified atom stereocenters. The first-order valence-electron chi connectivity index (χ1n) is 7.31. The fourth-order valence-electron chi connectivity index (χ4n) is 2.43. The summed E-state index contributed by atoms with van der Waals surface area (Å²) in [6, 6.07) is 8.42. The van der Waals surface area contributed by atoms with Gasteiger partial charge in [0.2, 0.25) is 0 Å². The predicted octanol–water partition coefficient (Wildman–Crippen LogP) is 3.49. The van der Waals surface area contributed by atoms with Crippen molar-refractivity contribution in [3.8, 4) is 11.4 Å². The van der Waals surface area contributed by atoms with E-state index in [0.29, 0.717) is 5.82 Å². The lowest BCUT2D eigenvalue weighted by Gasteiger charge is -2.25. The summed E-state index contributed by atoms with van der Waals surface area (Å²) in [6.45, 7) is 12.7. The first-order valence-corrected chi connectivity index (χ1v) is 7.31. The van der Waals surface area contributed by atoms with Crippen LogP contribution in [0.1, 0.15) is 52.9 Å². The molecule has 2 rings (SSSR count). The first-order chi connectivity index (χ1) is 9.64. The number of aliphatic hydroxyl groups excluding tert-OH is 1. The van der Waals surface area contributed by atoms with Crippen molar-refractivity contribution >= 4 is 0 Å². The maximum atomic E-state index is 9.47. The summed E-state index contributed by atoms with van der Waals surface area (Å²) in [5.74, 6) is 1.39. The maximum Gasteiger partial charge on any atom is 0.164 e. The van der Waals surface area contributed by atoms with E-state index in [1.807, 2.05) is 4.57 Å². The molecule has 4 nitrogen and oxygen atoms in total.